The van der Waals surface area contributed by atoms with Crippen LogP contribution < -0.4 is 21.5 Å². The van der Waals surface area contributed by atoms with E-state index in [1.807, 2.05) is 20.8 Å². The number of amides is 1. The number of carbonyl (C=O) groups is 1. The topological polar surface area (TPSA) is 140 Å². The zero-order chi connectivity index (χ0) is 25.8. The van der Waals surface area contributed by atoms with Crippen molar-refractivity contribution < 1.29 is 9.53 Å². The summed E-state index contributed by atoms with van der Waals surface area (Å²) in [7, 11) is 0. The molecule has 0 bridgehead atoms. The van der Waals surface area contributed by atoms with Crippen LogP contribution in [-0.2, 0) is 4.79 Å². The minimum absolute atomic E-state index is 0.162. The largest absolute Gasteiger partial charge is 0.486 e. The van der Waals surface area contributed by atoms with Gasteiger partial charge in [0.1, 0.15) is 17.7 Å². The van der Waals surface area contributed by atoms with Crippen LogP contribution in [0.1, 0.15) is 50.0 Å². The minimum Gasteiger partial charge on any atom is -0.486 e. The Hall–Kier alpha value is -3.20. The number of halogens is 2. The van der Waals surface area contributed by atoms with Gasteiger partial charge in [-0.1, -0.05) is 37.0 Å². The van der Waals surface area contributed by atoms with Crippen molar-refractivity contribution in [1.29, 1.82) is 5.41 Å². The lowest BCUT2D eigenvalue weighted by Gasteiger charge is -2.21. The number of benzene rings is 1. The van der Waals surface area contributed by atoms with Gasteiger partial charge in [-0.2, -0.15) is 0 Å². The Balaban J connectivity index is 1.75. The number of hydrogen-bond acceptors (Lipinski definition) is 7. The molecule has 2 heterocycles. The highest BCUT2D eigenvalue weighted by molar-refractivity contribution is 6.35. The lowest BCUT2D eigenvalue weighted by molar-refractivity contribution is -0.117. The summed E-state index contributed by atoms with van der Waals surface area (Å²) >= 11 is 12.5. The van der Waals surface area contributed by atoms with Gasteiger partial charge >= 0.3 is 0 Å². The summed E-state index contributed by atoms with van der Waals surface area (Å²) in [6.45, 7) is 6.07. The Morgan fingerprint density at radius 1 is 1.17 bits per heavy atom. The maximum Gasteiger partial charge on any atom is 0.226 e. The molecular formula is C25H28Cl2N6O2. The average molecular weight is 515 g/mol. The van der Waals surface area contributed by atoms with E-state index in [4.69, 9.17) is 44.8 Å². The van der Waals surface area contributed by atoms with Crippen molar-refractivity contribution in [1.82, 2.24) is 9.97 Å². The van der Waals surface area contributed by atoms with Crippen molar-refractivity contribution in [3.05, 3.63) is 75.7 Å². The highest BCUT2D eigenvalue weighted by Crippen LogP contribution is 2.33. The zero-order valence-electron chi connectivity index (χ0n) is 19.7. The molecule has 8 nitrogen and oxygen atoms in total. The van der Waals surface area contributed by atoms with Gasteiger partial charge in [0.25, 0.3) is 0 Å². The number of nitrogens with one attached hydrogen (secondary N) is 2. The van der Waals surface area contributed by atoms with Gasteiger partial charge in [0.15, 0.2) is 0 Å². The Morgan fingerprint density at radius 2 is 1.86 bits per heavy atom. The molecule has 1 atom stereocenters. The molecule has 1 amide bonds. The summed E-state index contributed by atoms with van der Waals surface area (Å²) in [6.07, 6.45) is 4.34. The lowest BCUT2D eigenvalue weighted by Crippen LogP contribution is -2.29. The first-order valence-corrected chi connectivity index (χ1v) is 11.7. The molecule has 0 unspecified atom stereocenters. The van der Waals surface area contributed by atoms with Crippen molar-refractivity contribution in [2.45, 2.75) is 33.3 Å². The lowest BCUT2D eigenvalue weighted by atomic mass is 9.89. The first-order chi connectivity index (χ1) is 16.5. The molecule has 0 radical (unpaired) electrons. The molecule has 0 aliphatic rings. The van der Waals surface area contributed by atoms with Crippen molar-refractivity contribution in [2.24, 2.45) is 11.1 Å². The Bertz CT molecular complexity index is 1210. The number of anilines is 2. The maximum absolute atomic E-state index is 12.2. The molecule has 1 aromatic carbocycles. The number of nitrogen functional groups attached to an aromatic ring is 1. The number of rotatable bonds is 9. The smallest absolute Gasteiger partial charge is 0.226 e. The number of pyridine rings is 2. The predicted molar refractivity (Wildman–Crippen MR) is 140 cm³/mol. The molecule has 0 saturated heterocycles. The van der Waals surface area contributed by atoms with Crippen LogP contribution in [0.25, 0.3) is 0 Å². The molecule has 6 N–H and O–H groups in total. The number of carbonyl (C=O) groups excluding carboxylic acids is 1. The van der Waals surface area contributed by atoms with Crippen molar-refractivity contribution in [3.8, 4) is 5.75 Å². The Morgan fingerprint density at radius 3 is 2.46 bits per heavy atom. The highest BCUT2D eigenvalue weighted by atomic mass is 35.5. The second-order valence-corrected chi connectivity index (χ2v) is 9.74. The molecule has 2 aromatic heterocycles. The quantitative estimate of drug-likeness (QED) is 0.227. The average Bonchev–Trinajstić information content (AvgIpc) is 2.80. The second-order valence-electron chi connectivity index (χ2n) is 8.93. The third-order valence-electron chi connectivity index (χ3n) is 5.42. The molecule has 184 valence electrons. The molecule has 3 rings (SSSR count). The summed E-state index contributed by atoms with van der Waals surface area (Å²) < 4.78 is 6.03. The fraction of sp³-hybridized carbons (Fsp3) is 0.280. The van der Waals surface area contributed by atoms with E-state index < -0.39 is 6.10 Å². The van der Waals surface area contributed by atoms with Gasteiger partial charge in [0, 0.05) is 47.4 Å². The Kier molecular flexibility index (Phi) is 8.32. The molecule has 0 aliphatic carbocycles. The number of ether oxygens (including phenoxy) is 1. The van der Waals surface area contributed by atoms with E-state index in [0.717, 1.165) is 0 Å². The van der Waals surface area contributed by atoms with Crippen LogP contribution in [0.15, 0.2) is 48.9 Å². The van der Waals surface area contributed by atoms with Crippen LogP contribution >= 0.6 is 23.2 Å². The van der Waals surface area contributed by atoms with Crippen molar-refractivity contribution >= 4 is 46.3 Å². The highest BCUT2D eigenvalue weighted by Gasteiger charge is 2.21. The molecular weight excluding hydrogens is 487 g/mol. The van der Waals surface area contributed by atoms with Crippen LogP contribution in [0, 0.1) is 10.8 Å². The van der Waals surface area contributed by atoms with E-state index in [2.05, 4.69) is 15.3 Å². The number of hydrogen-bond donors (Lipinski definition) is 4. The van der Waals surface area contributed by atoms with Crippen LogP contribution in [0.5, 0.6) is 5.75 Å². The van der Waals surface area contributed by atoms with Crippen LogP contribution in [0.3, 0.4) is 0 Å². The van der Waals surface area contributed by atoms with Crippen LogP contribution in [0.4, 0.5) is 11.5 Å². The molecule has 0 aliphatic heterocycles. The normalized spacial score (nSPS) is 12.2. The zero-order valence-corrected chi connectivity index (χ0v) is 21.2. The number of nitrogens with two attached hydrogens (primary N) is 2. The molecule has 0 spiro atoms. The summed E-state index contributed by atoms with van der Waals surface area (Å²) in [5.41, 5.74) is 13.7. The SMILES string of the molecule is C[C@@H](Oc1ccc(N)c(C(=N)c2ccc(NC(=O)CC(C)(C)CN)nc2)c1)c1c(Cl)cncc1Cl. The summed E-state index contributed by atoms with van der Waals surface area (Å²) in [4.78, 5) is 20.5. The van der Waals surface area contributed by atoms with Crippen LogP contribution in [-0.4, -0.2) is 28.1 Å². The first kappa shape index (κ1) is 26.4. The Labute approximate surface area is 214 Å². The number of nitrogens with zero attached hydrogens (tertiary/aromatic N) is 2. The van der Waals surface area contributed by atoms with E-state index in [-0.39, 0.29) is 23.5 Å². The van der Waals surface area contributed by atoms with E-state index in [0.29, 0.717) is 50.5 Å². The van der Waals surface area contributed by atoms with Gasteiger partial charge in [-0.05, 0) is 49.2 Å². The van der Waals surface area contributed by atoms with E-state index >= 15 is 0 Å². The van der Waals surface area contributed by atoms with Crippen molar-refractivity contribution in [2.75, 3.05) is 17.6 Å². The monoisotopic (exact) mass is 514 g/mol. The minimum atomic E-state index is -0.461. The van der Waals surface area contributed by atoms with E-state index in [1.54, 1.807) is 30.3 Å². The summed E-state index contributed by atoms with van der Waals surface area (Å²) in [5, 5.41) is 12.2. The molecule has 0 saturated carbocycles. The van der Waals surface area contributed by atoms with E-state index in [1.165, 1.54) is 18.6 Å². The van der Waals surface area contributed by atoms with Gasteiger partial charge in [-0.3, -0.25) is 15.2 Å². The third-order valence-corrected chi connectivity index (χ3v) is 6.02. The standard InChI is InChI=1S/C25H28Cl2N6O2/c1-14(23-18(26)11-31-12-19(23)27)35-16-5-6-20(29)17(8-16)24(30)15-4-7-21(32-10-15)33-22(34)9-25(2,3)13-28/h4-8,10-12,14,30H,9,13,28-29H2,1-3H3,(H,32,33,34)/t14-/m1/s1. The molecule has 35 heavy (non-hydrogen) atoms. The fourth-order valence-electron chi connectivity index (χ4n) is 3.36. The van der Waals surface area contributed by atoms with Gasteiger partial charge < -0.3 is 21.5 Å². The van der Waals surface area contributed by atoms with Gasteiger partial charge in [-0.15, -0.1) is 0 Å². The van der Waals surface area contributed by atoms with Crippen molar-refractivity contribution in [3.63, 3.8) is 0 Å². The first-order valence-electron chi connectivity index (χ1n) is 10.9. The summed E-state index contributed by atoms with van der Waals surface area (Å²) in [6, 6.07) is 8.41. The molecule has 10 heteroatoms. The number of aromatic nitrogens is 2. The predicted octanol–water partition coefficient (Wildman–Crippen LogP) is 5.24. The van der Waals surface area contributed by atoms with Crippen LogP contribution in [0.2, 0.25) is 10.0 Å². The van der Waals surface area contributed by atoms with Gasteiger partial charge in [0.05, 0.1) is 15.8 Å². The molecule has 0 fully saturated rings. The fourth-order valence-corrected chi connectivity index (χ4v) is 4.03. The third kappa shape index (κ3) is 6.69. The van der Waals surface area contributed by atoms with Gasteiger partial charge in [-0.25, -0.2) is 4.98 Å². The second kappa shape index (κ2) is 11.0. The summed E-state index contributed by atoms with van der Waals surface area (Å²) in [5.74, 6) is 0.715. The molecule has 3 aromatic rings. The van der Waals surface area contributed by atoms with Gasteiger partial charge in [0.2, 0.25) is 5.91 Å². The van der Waals surface area contributed by atoms with E-state index in [9.17, 15) is 4.79 Å². The maximum atomic E-state index is 12.2.